The highest BCUT2D eigenvalue weighted by atomic mass is 15.1. The van der Waals surface area contributed by atoms with Crippen LogP contribution in [0.25, 0.3) is 0 Å². The highest BCUT2D eigenvalue weighted by Crippen LogP contribution is 2.23. The Morgan fingerprint density at radius 2 is 2.18 bits per heavy atom. The summed E-state index contributed by atoms with van der Waals surface area (Å²) in [4.78, 5) is 6.90. The molecule has 0 aliphatic heterocycles. The van der Waals surface area contributed by atoms with Gasteiger partial charge in [0.15, 0.2) is 0 Å². The molecule has 3 heteroatoms. The summed E-state index contributed by atoms with van der Waals surface area (Å²) < 4.78 is 0. The number of hydrogen-bond donors (Lipinski definition) is 1. The van der Waals surface area contributed by atoms with Gasteiger partial charge >= 0.3 is 0 Å². The highest BCUT2D eigenvalue weighted by Gasteiger charge is 2.19. The third kappa shape index (κ3) is 3.43. The van der Waals surface area contributed by atoms with Crippen LogP contribution in [-0.4, -0.2) is 29.5 Å². The lowest BCUT2D eigenvalue weighted by atomic mass is 10.2. The van der Waals surface area contributed by atoms with Crippen molar-refractivity contribution < 1.29 is 0 Å². The molecule has 0 saturated heterocycles. The fourth-order valence-electron chi connectivity index (χ4n) is 2.61. The van der Waals surface area contributed by atoms with Gasteiger partial charge in [-0.25, -0.2) is 0 Å². The second-order valence-electron chi connectivity index (χ2n) is 4.92. The van der Waals surface area contributed by atoms with Gasteiger partial charge in [-0.15, -0.1) is 0 Å². The van der Waals surface area contributed by atoms with Crippen molar-refractivity contribution in [2.75, 3.05) is 18.9 Å². The molecule has 3 nitrogen and oxygen atoms in total. The second kappa shape index (κ2) is 6.01. The van der Waals surface area contributed by atoms with Crippen molar-refractivity contribution >= 4 is 5.69 Å². The van der Waals surface area contributed by atoms with Gasteiger partial charge in [-0.2, -0.15) is 0 Å². The molecule has 0 aromatic carbocycles. The largest absolute Gasteiger partial charge is 0.385 e. The van der Waals surface area contributed by atoms with E-state index in [1.54, 1.807) is 0 Å². The van der Waals surface area contributed by atoms with Crippen LogP contribution in [0.15, 0.2) is 18.3 Å². The number of rotatable bonds is 5. The van der Waals surface area contributed by atoms with Crippen molar-refractivity contribution in [2.24, 2.45) is 0 Å². The topological polar surface area (TPSA) is 28.2 Å². The zero-order valence-electron chi connectivity index (χ0n) is 10.9. The maximum atomic E-state index is 4.45. The van der Waals surface area contributed by atoms with Gasteiger partial charge in [-0.1, -0.05) is 12.8 Å². The minimum absolute atomic E-state index is 0.764. The molecule has 1 aliphatic rings. The average molecular weight is 233 g/mol. The summed E-state index contributed by atoms with van der Waals surface area (Å²) >= 11 is 0. The van der Waals surface area contributed by atoms with E-state index in [2.05, 4.69) is 35.2 Å². The second-order valence-corrected chi connectivity index (χ2v) is 4.92. The quantitative estimate of drug-likeness (QED) is 0.847. The van der Waals surface area contributed by atoms with Crippen LogP contribution >= 0.6 is 0 Å². The Morgan fingerprint density at radius 1 is 1.41 bits per heavy atom. The molecule has 0 unspecified atom stereocenters. The van der Waals surface area contributed by atoms with E-state index in [1.165, 1.54) is 31.4 Å². The number of nitrogens with zero attached hydrogens (tertiary/aromatic N) is 2. The summed E-state index contributed by atoms with van der Waals surface area (Å²) in [6, 6.07) is 4.96. The molecule has 1 saturated carbocycles. The van der Waals surface area contributed by atoms with E-state index in [1.807, 2.05) is 12.3 Å². The summed E-state index contributed by atoms with van der Waals surface area (Å²) in [7, 11) is 2.22. The standard InChI is InChI=1S/C14H23N3/c1-3-15-12-8-9-16-13(10-12)11-17(2)14-6-4-5-7-14/h8-10,14H,3-7,11H2,1-2H3,(H,15,16). The molecule has 1 N–H and O–H groups in total. The molecule has 0 spiro atoms. The fraction of sp³-hybridized carbons (Fsp3) is 0.643. The van der Waals surface area contributed by atoms with Crippen molar-refractivity contribution in [3.8, 4) is 0 Å². The Labute approximate surface area is 104 Å². The fourth-order valence-corrected chi connectivity index (χ4v) is 2.61. The van der Waals surface area contributed by atoms with E-state index in [0.717, 1.165) is 24.8 Å². The smallest absolute Gasteiger partial charge is 0.0564 e. The maximum absolute atomic E-state index is 4.45. The lowest BCUT2D eigenvalue weighted by molar-refractivity contribution is 0.235. The summed E-state index contributed by atoms with van der Waals surface area (Å²) in [5, 5.41) is 3.33. The molecule has 1 aromatic rings. The molecule has 1 aliphatic carbocycles. The first-order valence-corrected chi connectivity index (χ1v) is 6.68. The van der Waals surface area contributed by atoms with E-state index in [9.17, 15) is 0 Å². The zero-order valence-corrected chi connectivity index (χ0v) is 10.9. The van der Waals surface area contributed by atoms with Gasteiger partial charge in [0.05, 0.1) is 5.69 Å². The monoisotopic (exact) mass is 233 g/mol. The number of aromatic nitrogens is 1. The molecular weight excluding hydrogens is 210 g/mol. The van der Waals surface area contributed by atoms with Gasteiger partial charge in [0.2, 0.25) is 0 Å². The summed E-state index contributed by atoms with van der Waals surface area (Å²) in [6.45, 7) is 4.04. The van der Waals surface area contributed by atoms with Gasteiger partial charge in [0, 0.05) is 31.0 Å². The van der Waals surface area contributed by atoms with E-state index < -0.39 is 0 Å². The Morgan fingerprint density at radius 3 is 2.88 bits per heavy atom. The van der Waals surface area contributed by atoms with E-state index >= 15 is 0 Å². The number of nitrogens with one attached hydrogen (secondary N) is 1. The number of hydrogen-bond acceptors (Lipinski definition) is 3. The predicted octanol–water partition coefficient (Wildman–Crippen LogP) is 2.89. The third-order valence-electron chi connectivity index (χ3n) is 3.56. The molecular formula is C14H23N3. The van der Waals surface area contributed by atoms with Gasteiger partial charge in [0.1, 0.15) is 0 Å². The molecule has 1 fully saturated rings. The molecule has 0 radical (unpaired) electrons. The maximum Gasteiger partial charge on any atom is 0.0564 e. The molecule has 0 atom stereocenters. The van der Waals surface area contributed by atoms with Gasteiger partial charge in [0.25, 0.3) is 0 Å². The third-order valence-corrected chi connectivity index (χ3v) is 3.56. The molecule has 0 amide bonds. The van der Waals surface area contributed by atoms with Crippen LogP contribution in [0.1, 0.15) is 38.3 Å². The molecule has 1 aromatic heterocycles. The number of pyridine rings is 1. The van der Waals surface area contributed by atoms with Crippen molar-refractivity contribution in [2.45, 2.75) is 45.2 Å². The SMILES string of the molecule is CCNc1ccnc(CN(C)C2CCCC2)c1. The summed E-state index contributed by atoms with van der Waals surface area (Å²) in [5.41, 5.74) is 2.34. The van der Waals surface area contributed by atoms with Crippen LogP contribution in [0.3, 0.4) is 0 Å². The van der Waals surface area contributed by atoms with Crippen molar-refractivity contribution in [1.29, 1.82) is 0 Å². The normalized spacial score (nSPS) is 16.6. The minimum Gasteiger partial charge on any atom is -0.385 e. The Bertz CT molecular complexity index is 345. The summed E-state index contributed by atoms with van der Waals surface area (Å²) in [6.07, 6.45) is 7.38. The van der Waals surface area contributed by atoms with E-state index in [0.29, 0.717) is 0 Å². The van der Waals surface area contributed by atoms with Crippen molar-refractivity contribution in [3.05, 3.63) is 24.0 Å². The zero-order chi connectivity index (χ0) is 12.1. The Kier molecular flexibility index (Phi) is 4.37. The van der Waals surface area contributed by atoms with Gasteiger partial charge < -0.3 is 5.32 Å². The highest BCUT2D eigenvalue weighted by molar-refractivity contribution is 5.42. The summed E-state index contributed by atoms with van der Waals surface area (Å²) in [5.74, 6) is 0. The first-order valence-electron chi connectivity index (χ1n) is 6.68. The Hall–Kier alpha value is -1.09. The molecule has 2 rings (SSSR count). The predicted molar refractivity (Wildman–Crippen MR) is 72.1 cm³/mol. The van der Waals surface area contributed by atoms with Crippen LogP contribution < -0.4 is 5.32 Å². The number of anilines is 1. The van der Waals surface area contributed by atoms with Crippen LogP contribution in [0, 0.1) is 0 Å². The lowest BCUT2D eigenvalue weighted by Gasteiger charge is -2.23. The Balaban J connectivity index is 1.94. The van der Waals surface area contributed by atoms with E-state index in [4.69, 9.17) is 0 Å². The molecule has 0 bridgehead atoms. The lowest BCUT2D eigenvalue weighted by Crippen LogP contribution is -2.28. The van der Waals surface area contributed by atoms with Crippen molar-refractivity contribution in [3.63, 3.8) is 0 Å². The average Bonchev–Trinajstić information content (AvgIpc) is 2.83. The van der Waals surface area contributed by atoms with Gasteiger partial charge in [-0.05, 0) is 38.9 Å². The van der Waals surface area contributed by atoms with Gasteiger partial charge in [-0.3, -0.25) is 9.88 Å². The molecule has 94 valence electrons. The minimum atomic E-state index is 0.764. The van der Waals surface area contributed by atoms with Crippen LogP contribution in [0.4, 0.5) is 5.69 Å². The van der Waals surface area contributed by atoms with Crippen molar-refractivity contribution in [1.82, 2.24) is 9.88 Å². The first kappa shape index (κ1) is 12.4. The van der Waals surface area contributed by atoms with Crippen LogP contribution in [-0.2, 0) is 6.54 Å². The van der Waals surface area contributed by atoms with Crippen LogP contribution in [0.2, 0.25) is 0 Å². The van der Waals surface area contributed by atoms with E-state index in [-0.39, 0.29) is 0 Å². The first-order chi connectivity index (χ1) is 8.29. The van der Waals surface area contributed by atoms with Crippen LogP contribution in [0.5, 0.6) is 0 Å². The molecule has 1 heterocycles. The molecule has 17 heavy (non-hydrogen) atoms.